The normalized spacial score (nSPS) is 12.3. The fourth-order valence-corrected chi connectivity index (χ4v) is 1.95. The number of hydrogen-bond donors (Lipinski definition) is 0. The van der Waals surface area contributed by atoms with Gasteiger partial charge >= 0.3 is 6.16 Å². The number of rotatable bonds is 8. The molecule has 0 saturated carbocycles. The maximum atomic E-state index is 12.1. The topological polar surface area (TPSA) is 54.0 Å². The van der Waals surface area contributed by atoms with Crippen molar-refractivity contribution in [3.05, 3.63) is 97.5 Å². The second kappa shape index (κ2) is 9.05. The highest BCUT2D eigenvalue weighted by molar-refractivity contribution is 5.60. The Labute approximate surface area is 140 Å². The number of carbonyl (C=O) groups excluding carboxylic acids is 1. The van der Waals surface area contributed by atoms with Crippen LogP contribution in [0.25, 0.3) is 0 Å². The maximum absolute atomic E-state index is 12.1. The molecule has 0 aliphatic rings. The Morgan fingerprint density at radius 3 is 1.46 bits per heavy atom. The van der Waals surface area contributed by atoms with Crippen molar-refractivity contribution in [3.8, 4) is 0 Å². The van der Waals surface area contributed by atoms with E-state index in [4.69, 9.17) is 18.9 Å². The molecule has 0 bridgehead atoms. The van der Waals surface area contributed by atoms with E-state index >= 15 is 0 Å². The predicted octanol–water partition coefficient (Wildman–Crippen LogP) is 4.86. The van der Waals surface area contributed by atoms with Gasteiger partial charge in [-0.25, -0.2) is 4.79 Å². The average molecular weight is 326 g/mol. The van der Waals surface area contributed by atoms with Crippen LogP contribution in [-0.2, 0) is 18.9 Å². The van der Waals surface area contributed by atoms with Crippen LogP contribution in [0.5, 0.6) is 0 Å². The number of carbonyl (C=O) groups is 1. The minimum absolute atomic E-state index is 0.648. The zero-order valence-corrected chi connectivity index (χ0v) is 13.0. The summed E-state index contributed by atoms with van der Waals surface area (Å²) in [7, 11) is 0. The summed E-state index contributed by atoms with van der Waals surface area (Å²) >= 11 is 0. The first-order valence-corrected chi connectivity index (χ1v) is 7.24. The molecular weight excluding hydrogens is 308 g/mol. The molecule has 5 heteroatoms. The zero-order valence-electron chi connectivity index (χ0n) is 13.0. The fraction of sp³-hybridized carbons (Fsp3) is 0.105. The van der Waals surface area contributed by atoms with Gasteiger partial charge < -0.3 is 18.9 Å². The van der Waals surface area contributed by atoms with Crippen LogP contribution < -0.4 is 0 Å². The summed E-state index contributed by atoms with van der Waals surface area (Å²) < 4.78 is 20.9. The van der Waals surface area contributed by atoms with Gasteiger partial charge in [0, 0.05) is 11.1 Å². The predicted molar refractivity (Wildman–Crippen MR) is 88.5 cm³/mol. The second-order valence-corrected chi connectivity index (χ2v) is 4.58. The monoisotopic (exact) mass is 326 g/mol. The largest absolute Gasteiger partial charge is 0.515 e. The smallest absolute Gasteiger partial charge is 0.459 e. The molecule has 5 nitrogen and oxygen atoms in total. The highest BCUT2D eigenvalue weighted by Crippen LogP contribution is 2.23. The lowest BCUT2D eigenvalue weighted by Gasteiger charge is -2.20. The van der Waals surface area contributed by atoms with Crippen molar-refractivity contribution < 1.29 is 23.7 Å². The highest BCUT2D eigenvalue weighted by atomic mass is 16.8. The van der Waals surface area contributed by atoms with Crippen LogP contribution in [0.15, 0.2) is 86.3 Å². The Hall–Kier alpha value is -3.21. The Bertz CT molecular complexity index is 596. The summed E-state index contributed by atoms with van der Waals surface area (Å²) in [6.45, 7) is 6.96. The lowest BCUT2D eigenvalue weighted by Crippen LogP contribution is -2.17. The molecule has 0 saturated heterocycles. The minimum Gasteiger partial charge on any atom is -0.459 e. The molecule has 0 heterocycles. The van der Waals surface area contributed by atoms with Crippen LogP contribution in [0.2, 0.25) is 0 Å². The fourth-order valence-electron chi connectivity index (χ4n) is 1.95. The molecule has 2 atom stereocenters. The Morgan fingerprint density at radius 1 is 0.750 bits per heavy atom. The standard InChI is InChI=1S/C19H18O5/c1-3-21-17(15-11-7-5-8-12-15)23-19(20)24-18(22-4-2)16-13-9-6-10-14-16/h3-14,17-18H,1-2H2. The lowest BCUT2D eigenvalue weighted by atomic mass is 10.2. The first-order valence-electron chi connectivity index (χ1n) is 7.24. The van der Waals surface area contributed by atoms with Crippen molar-refractivity contribution in [3.63, 3.8) is 0 Å². The molecule has 0 aliphatic carbocycles. The van der Waals surface area contributed by atoms with E-state index in [9.17, 15) is 4.79 Å². The molecule has 0 spiro atoms. The molecule has 2 aromatic rings. The van der Waals surface area contributed by atoms with Gasteiger partial charge in [-0.2, -0.15) is 0 Å². The van der Waals surface area contributed by atoms with E-state index in [0.29, 0.717) is 11.1 Å². The SMILES string of the molecule is C=COC(OC(=O)OC(OC=C)c1ccccc1)c1ccccc1. The Balaban J connectivity index is 2.06. The van der Waals surface area contributed by atoms with Crippen molar-refractivity contribution >= 4 is 6.16 Å². The molecule has 2 aromatic carbocycles. The van der Waals surface area contributed by atoms with Gasteiger partial charge in [0.05, 0.1) is 12.5 Å². The van der Waals surface area contributed by atoms with Gasteiger partial charge in [0.2, 0.25) is 0 Å². The zero-order chi connectivity index (χ0) is 17.2. The summed E-state index contributed by atoms with van der Waals surface area (Å²) in [6.07, 6.45) is -0.478. The van der Waals surface area contributed by atoms with Gasteiger partial charge in [-0.1, -0.05) is 73.8 Å². The van der Waals surface area contributed by atoms with Crippen molar-refractivity contribution in [2.45, 2.75) is 12.6 Å². The Morgan fingerprint density at radius 2 is 1.12 bits per heavy atom. The lowest BCUT2D eigenvalue weighted by molar-refractivity contribution is -0.135. The van der Waals surface area contributed by atoms with E-state index in [0.717, 1.165) is 0 Å². The third-order valence-corrected chi connectivity index (χ3v) is 2.99. The Kier molecular flexibility index (Phi) is 6.46. The van der Waals surface area contributed by atoms with Crippen LogP contribution in [0.4, 0.5) is 4.79 Å². The summed E-state index contributed by atoms with van der Waals surface area (Å²) in [4.78, 5) is 12.1. The maximum Gasteiger partial charge on any atom is 0.515 e. The van der Waals surface area contributed by atoms with Crippen molar-refractivity contribution in [1.29, 1.82) is 0 Å². The summed E-state index contributed by atoms with van der Waals surface area (Å²) in [5, 5.41) is 0. The molecule has 2 rings (SSSR count). The highest BCUT2D eigenvalue weighted by Gasteiger charge is 2.22. The molecule has 0 amide bonds. The molecule has 2 unspecified atom stereocenters. The van der Waals surface area contributed by atoms with Gasteiger partial charge in [-0.05, 0) is 0 Å². The van der Waals surface area contributed by atoms with E-state index in [1.54, 1.807) is 48.5 Å². The number of hydrogen-bond acceptors (Lipinski definition) is 5. The first kappa shape index (κ1) is 17.1. The van der Waals surface area contributed by atoms with E-state index in [1.807, 2.05) is 12.1 Å². The minimum atomic E-state index is -0.962. The summed E-state index contributed by atoms with van der Waals surface area (Å²) in [6, 6.07) is 17.9. The van der Waals surface area contributed by atoms with Crippen molar-refractivity contribution in [2.75, 3.05) is 0 Å². The quantitative estimate of drug-likeness (QED) is 0.394. The van der Waals surface area contributed by atoms with Gasteiger partial charge in [0.25, 0.3) is 12.6 Å². The number of ether oxygens (including phenoxy) is 4. The van der Waals surface area contributed by atoms with Gasteiger partial charge in [0.1, 0.15) is 0 Å². The molecule has 0 N–H and O–H groups in total. The van der Waals surface area contributed by atoms with Crippen LogP contribution >= 0.6 is 0 Å². The van der Waals surface area contributed by atoms with Gasteiger partial charge in [-0.15, -0.1) is 0 Å². The van der Waals surface area contributed by atoms with Gasteiger partial charge in [-0.3, -0.25) is 0 Å². The average Bonchev–Trinajstić information content (AvgIpc) is 2.62. The molecule has 0 radical (unpaired) electrons. The van der Waals surface area contributed by atoms with Crippen LogP contribution in [0.3, 0.4) is 0 Å². The third-order valence-electron chi connectivity index (χ3n) is 2.99. The van der Waals surface area contributed by atoms with E-state index in [2.05, 4.69) is 13.2 Å². The van der Waals surface area contributed by atoms with Crippen molar-refractivity contribution in [2.24, 2.45) is 0 Å². The van der Waals surface area contributed by atoms with Gasteiger partial charge in [0.15, 0.2) is 0 Å². The van der Waals surface area contributed by atoms with E-state index < -0.39 is 18.7 Å². The van der Waals surface area contributed by atoms with Crippen LogP contribution in [-0.4, -0.2) is 6.16 Å². The van der Waals surface area contributed by atoms with Crippen LogP contribution in [0.1, 0.15) is 23.7 Å². The third kappa shape index (κ3) is 4.91. The molecule has 24 heavy (non-hydrogen) atoms. The molecule has 0 fully saturated rings. The summed E-state index contributed by atoms with van der Waals surface area (Å²) in [5.41, 5.74) is 1.30. The van der Waals surface area contributed by atoms with E-state index in [1.165, 1.54) is 12.5 Å². The van der Waals surface area contributed by atoms with E-state index in [-0.39, 0.29) is 0 Å². The molecular formula is C19H18O5. The molecule has 0 aliphatic heterocycles. The summed E-state index contributed by atoms with van der Waals surface area (Å²) in [5.74, 6) is 0. The molecule has 124 valence electrons. The molecule has 0 aromatic heterocycles. The second-order valence-electron chi connectivity index (χ2n) is 4.58. The van der Waals surface area contributed by atoms with Crippen LogP contribution in [0, 0.1) is 0 Å². The number of benzene rings is 2. The van der Waals surface area contributed by atoms with Crippen molar-refractivity contribution in [1.82, 2.24) is 0 Å². The first-order chi connectivity index (χ1) is 11.7.